The smallest absolute Gasteiger partial charge is 0.450 e. The molecule has 0 unspecified atom stereocenters. The summed E-state index contributed by atoms with van der Waals surface area (Å²) in [7, 11) is 0. The van der Waals surface area contributed by atoms with Crippen LogP contribution in [0.3, 0.4) is 0 Å². The van der Waals surface area contributed by atoms with Crippen LogP contribution < -0.4 is 0 Å². The second-order valence-electron chi connectivity index (χ2n) is 1.01. The van der Waals surface area contributed by atoms with E-state index >= 15 is 0 Å². The van der Waals surface area contributed by atoms with Crippen molar-refractivity contribution >= 4 is 6.16 Å². The lowest BCUT2D eigenvalue weighted by atomic mass is 10.6. The molecule has 3 nitrogen and oxygen atoms in total. The van der Waals surface area contributed by atoms with Crippen LogP contribution in [0.1, 0.15) is 6.92 Å². The van der Waals surface area contributed by atoms with Gasteiger partial charge >= 0.3 is 6.16 Å². The van der Waals surface area contributed by atoms with Crippen LogP contribution in [0.4, 0.5) is 9.18 Å². The van der Waals surface area contributed by atoms with Gasteiger partial charge < -0.3 is 10.2 Å². The van der Waals surface area contributed by atoms with Gasteiger partial charge in [-0.2, -0.15) is 0 Å². The van der Waals surface area contributed by atoms with E-state index in [4.69, 9.17) is 15.0 Å². The molecule has 0 aromatic heterocycles. The van der Waals surface area contributed by atoms with E-state index < -0.39 is 6.16 Å². The number of hydrogen-bond donors (Lipinski definition) is 2. The van der Waals surface area contributed by atoms with E-state index in [0.29, 0.717) is 0 Å². The highest BCUT2D eigenvalue weighted by Gasteiger charge is 1.70. The Morgan fingerprint density at radius 2 is 2.00 bits per heavy atom. The molecule has 0 aromatic carbocycles. The minimum absolute atomic E-state index is 0.337. The van der Waals surface area contributed by atoms with Crippen molar-refractivity contribution in [3.05, 3.63) is 12.2 Å². The average Bonchev–Trinajstić information content (AvgIpc) is 1.66. The van der Waals surface area contributed by atoms with Crippen LogP contribution in [-0.2, 0) is 0 Å². The minimum Gasteiger partial charge on any atom is -0.450 e. The van der Waals surface area contributed by atoms with E-state index in [2.05, 4.69) is 0 Å². The van der Waals surface area contributed by atoms with Gasteiger partial charge in [0.2, 0.25) is 0 Å². The standard InChI is InChI=1S/C4H7F.CH2O3/c1-2-3-4-5;2-1(3)4/h2-3H,4H2,1H3;(H2,2,3,4). The molecule has 0 atom stereocenters. The van der Waals surface area contributed by atoms with Crippen LogP contribution in [0.5, 0.6) is 0 Å². The quantitative estimate of drug-likeness (QED) is 0.540. The van der Waals surface area contributed by atoms with Crippen molar-refractivity contribution in [2.75, 3.05) is 6.67 Å². The molecular formula is C5H9FO3. The SMILES string of the molecule is CC=CCF.O=C(O)O. The van der Waals surface area contributed by atoms with Gasteiger partial charge in [-0.15, -0.1) is 0 Å². The molecule has 4 heteroatoms. The largest absolute Gasteiger partial charge is 0.503 e. The predicted octanol–water partition coefficient (Wildman–Crippen LogP) is 1.75. The summed E-state index contributed by atoms with van der Waals surface area (Å²) >= 11 is 0. The minimum atomic E-state index is -1.83. The van der Waals surface area contributed by atoms with Crippen molar-refractivity contribution in [3.8, 4) is 0 Å². The van der Waals surface area contributed by atoms with Crippen molar-refractivity contribution in [1.29, 1.82) is 0 Å². The van der Waals surface area contributed by atoms with E-state index in [9.17, 15) is 4.39 Å². The molecule has 0 fully saturated rings. The Morgan fingerprint density at radius 3 is 2.00 bits per heavy atom. The van der Waals surface area contributed by atoms with Crippen molar-refractivity contribution in [2.45, 2.75) is 6.92 Å². The number of rotatable bonds is 1. The second kappa shape index (κ2) is 10.0. The fourth-order valence-electron chi connectivity index (χ4n) is 0.0891. The number of carboxylic acid groups (broad SMARTS) is 2. The predicted molar refractivity (Wildman–Crippen MR) is 31.4 cm³/mol. The van der Waals surface area contributed by atoms with Crippen LogP contribution in [-0.4, -0.2) is 23.0 Å². The Morgan fingerprint density at radius 1 is 1.67 bits per heavy atom. The second-order valence-corrected chi connectivity index (χ2v) is 1.01. The Balaban J connectivity index is 0. The molecule has 0 saturated carbocycles. The molecule has 0 radical (unpaired) electrons. The summed E-state index contributed by atoms with van der Waals surface area (Å²) in [4.78, 5) is 8.56. The molecule has 0 aromatic rings. The fourth-order valence-corrected chi connectivity index (χ4v) is 0.0891. The van der Waals surface area contributed by atoms with E-state index in [-0.39, 0.29) is 6.67 Å². The molecule has 0 bridgehead atoms. The summed E-state index contributed by atoms with van der Waals surface area (Å²) in [5.74, 6) is 0. The lowest BCUT2D eigenvalue weighted by Gasteiger charge is -1.62. The third-order valence-electron chi connectivity index (χ3n) is 0.325. The molecule has 0 rings (SSSR count). The van der Waals surface area contributed by atoms with Gasteiger partial charge in [0.15, 0.2) is 0 Å². The van der Waals surface area contributed by atoms with E-state index in [1.807, 2.05) is 0 Å². The van der Waals surface area contributed by atoms with Gasteiger partial charge in [-0.25, -0.2) is 9.18 Å². The monoisotopic (exact) mass is 136 g/mol. The van der Waals surface area contributed by atoms with Crippen LogP contribution in [0.25, 0.3) is 0 Å². The molecule has 9 heavy (non-hydrogen) atoms. The molecular weight excluding hydrogens is 127 g/mol. The zero-order valence-electron chi connectivity index (χ0n) is 5.04. The molecule has 0 aliphatic heterocycles. The summed E-state index contributed by atoms with van der Waals surface area (Å²) in [6.45, 7) is 1.45. The van der Waals surface area contributed by atoms with Crippen LogP contribution in [0.15, 0.2) is 12.2 Å². The van der Waals surface area contributed by atoms with Crippen LogP contribution in [0, 0.1) is 0 Å². The highest BCUT2D eigenvalue weighted by Crippen LogP contribution is 1.67. The number of halogens is 1. The summed E-state index contributed by atoms with van der Waals surface area (Å²) in [5.41, 5.74) is 0. The first kappa shape index (κ1) is 10.8. The number of alkyl halides is 1. The lowest BCUT2D eigenvalue weighted by Crippen LogP contribution is -1.81. The number of carbonyl (C=O) groups is 1. The van der Waals surface area contributed by atoms with Gasteiger partial charge in [0.25, 0.3) is 0 Å². The third-order valence-corrected chi connectivity index (χ3v) is 0.325. The van der Waals surface area contributed by atoms with Crippen molar-refractivity contribution in [3.63, 3.8) is 0 Å². The van der Waals surface area contributed by atoms with Gasteiger partial charge in [-0.3, -0.25) is 0 Å². The lowest BCUT2D eigenvalue weighted by molar-refractivity contribution is 0.137. The maximum absolute atomic E-state index is 10.9. The molecule has 0 aliphatic carbocycles. The molecule has 0 spiro atoms. The highest BCUT2D eigenvalue weighted by molar-refractivity contribution is 5.53. The molecule has 2 N–H and O–H groups in total. The Labute approximate surface area is 52.4 Å². The Hall–Kier alpha value is -1.06. The number of hydrogen-bond acceptors (Lipinski definition) is 1. The Bertz CT molecular complexity index is 86.2. The van der Waals surface area contributed by atoms with Crippen LogP contribution in [0.2, 0.25) is 0 Å². The molecule has 0 amide bonds. The van der Waals surface area contributed by atoms with E-state index in [1.54, 1.807) is 13.0 Å². The summed E-state index contributed by atoms with van der Waals surface area (Å²) < 4.78 is 10.9. The van der Waals surface area contributed by atoms with Gasteiger partial charge in [0.1, 0.15) is 6.67 Å². The maximum atomic E-state index is 10.9. The van der Waals surface area contributed by atoms with Crippen molar-refractivity contribution in [2.24, 2.45) is 0 Å². The highest BCUT2D eigenvalue weighted by atomic mass is 19.1. The van der Waals surface area contributed by atoms with Gasteiger partial charge in [0.05, 0.1) is 0 Å². The third kappa shape index (κ3) is 192. The fraction of sp³-hybridized carbons (Fsp3) is 0.400. The Kier molecular flexibility index (Phi) is 12.1. The molecule has 0 aliphatic rings. The maximum Gasteiger partial charge on any atom is 0.503 e. The average molecular weight is 136 g/mol. The van der Waals surface area contributed by atoms with Gasteiger partial charge in [-0.05, 0) is 6.92 Å². The zero-order valence-corrected chi connectivity index (χ0v) is 5.04. The zero-order chi connectivity index (χ0) is 7.70. The molecule has 0 heterocycles. The first-order valence-electron chi connectivity index (χ1n) is 2.24. The normalized spacial score (nSPS) is 8.22. The van der Waals surface area contributed by atoms with E-state index in [0.717, 1.165) is 0 Å². The summed E-state index contributed by atoms with van der Waals surface area (Å²) in [6.07, 6.45) is 1.31. The topological polar surface area (TPSA) is 57.5 Å². The first-order valence-corrected chi connectivity index (χ1v) is 2.24. The van der Waals surface area contributed by atoms with Crippen molar-refractivity contribution in [1.82, 2.24) is 0 Å². The number of allylic oxidation sites excluding steroid dienone is 2. The summed E-state index contributed by atoms with van der Waals surface area (Å²) in [6, 6.07) is 0. The summed E-state index contributed by atoms with van der Waals surface area (Å²) in [5, 5.41) is 13.9. The van der Waals surface area contributed by atoms with Gasteiger partial charge in [-0.1, -0.05) is 12.2 Å². The molecule has 54 valence electrons. The molecule has 0 saturated heterocycles. The van der Waals surface area contributed by atoms with Crippen LogP contribution >= 0.6 is 0 Å². The first-order chi connectivity index (χ1) is 4.15. The van der Waals surface area contributed by atoms with E-state index in [1.165, 1.54) is 6.08 Å². The van der Waals surface area contributed by atoms with Crippen molar-refractivity contribution < 1.29 is 19.4 Å². The van der Waals surface area contributed by atoms with Gasteiger partial charge in [0, 0.05) is 0 Å².